The Morgan fingerprint density at radius 2 is 1.84 bits per heavy atom. The maximum absolute atomic E-state index is 12.3. The molecule has 4 rings (SSSR count). The van der Waals surface area contributed by atoms with Gasteiger partial charge in [0.2, 0.25) is 0 Å². The molecule has 0 atom stereocenters. The van der Waals surface area contributed by atoms with Crippen molar-refractivity contribution in [2.24, 2.45) is 0 Å². The summed E-state index contributed by atoms with van der Waals surface area (Å²) in [6.07, 6.45) is 0. The lowest BCUT2D eigenvalue weighted by molar-refractivity contribution is 0.103. The van der Waals surface area contributed by atoms with E-state index in [0.717, 1.165) is 22.5 Å². The average Bonchev–Trinajstić information content (AvgIpc) is 3.25. The highest BCUT2D eigenvalue weighted by atomic mass is 35.5. The second-order valence-electron chi connectivity index (χ2n) is 5.55. The summed E-state index contributed by atoms with van der Waals surface area (Å²) in [4.78, 5) is 14.5. The van der Waals surface area contributed by atoms with Gasteiger partial charge in [0, 0.05) is 10.7 Å². The van der Waals surface area contributed by atoms with Crippen LogP contribution < -0.4 is 5.32 Å². The molecule has 124 valence electrons. The SMILES string of the molecule is Cc1cc2nn(-c3ccc(Cl)cc3)nc2cc1NC(=O)c1cccs1. The number of carbonyl (C=O) groups excluding carboxylic acids is 1. The Morgan fingerprint density at radius 1 is 1.12 bits per heavy atom. The third-order valence-electron chi connectivity index (χ3n) is 3.78. The van der Waals surface area contributed by atoms with E-state index in [1.165, 1.54) is 11.3 Å². The van der Waals surface area contributed by atoms with Gasteiger partial charge in [-0.25, -0.2) is 0 Å². The van der Waals surface area contributed by atoms with Crippen molar-refractivity contribution in [2.75, 3.05) is 5.32 Å². The second-order valence-corrected chi connectivity index (χ2v) is 6.94. The molecule has 0 unspecified atom stereocenters. The number of fused-ring (bicyclic) bond motifs is 1. The Balaban J connectivity index is 1.69. The minimum atomic E-state index is -0.123. The Hall–Kier alpha value is -2.70. The predicted molar refractivity (Wildman–Crippen MR) is 101 cm³/mol. The molecule has 0 radical (unpaired) electrons. The number of aromatic nitrogens is 3. The van der Waals surface area contributed by atoms with Gasteiger partial charge in [0.05, 0.1) is 10.6 Å². The molecule has 25 heavy (non-hydrogen) atoms. The number of aryl methyl sites for hydroxylation is 1. The van der Waals surface area contributed by atoms with Crippen molar-refractivity contribution in [3.05, 3.63) is 69.4 Å². The fourth-order valence-corrected chi connectivity index (χ4v) is 3.23. The molecule has 0 bridgehead atoms. The smallest absolute Gasteiger partial charge is 0.265 e. The molecule has 2 aromatic carbocycles. The van der Waals surface area contributed by atoms with Crippen LogP contribution in [0.5, 0.6) is 0 Å². The van der Waals surface area contributed by atoms with Crippen LogP contribution in [0.25, 0.3) is 16.7 Å². The maximum atomic E-state index is 12.3. The lowest BCUT2D eigenvalue weighted by Crippen LogP contribution is -2.11. The summed E-state index contributed by atoms with van der Waals surface area (Å²) in [7, 11) is 0. The molecule has 1 amide bonds. The molecule has 0 aliphatic heterocycles. The number of nitrogens with zero attached hydrogens (tertiary/aromatic N) is 3. The number of hydrogen-bond acceptors (Lipinski definition) is 4. The Morgan fingerprint density at radius 3 is 2.52 bits per heavy atom. The van der Waals surface area contributed by atoms with Gasteiger partial charge in [0.25, 0.3) is 5.91 Å². The number of benzene rings is 2. The fraction of sp³-hybridized carbons (Fsp3) is 0.0556. The van der Waals surface area contributed by atoms with Crippen molar-refractivity contribution in [3.8, 4) is 5.69 Å². The van der Waals surface area contributed by atoms with Gasteiger partial charge in [-0.3, -0.25) is 4.79 Å². The molecule has 1 N–H and O–H groups in total. The normalized spacial score (nSPS) is 11.0. The van der Waals surface area contributed by atoms with Gasteiger partial charge < -0.3 is 5.32 Å². The fourth-order valence-electron chi connectivity index (χ4n) is 2.48. The van der Waals surface area contributed by atoms with E-state index in [2.05, 4.69) is 15.5 Å². The van der Waals surface area contributed by atoms with Gasteiger partial charge in [0.15, 0.2) is 0 Å². The number of carbonyl (C=O) groups is 1. The third-order valence-corrected chi connectivity index (χ3v) is 4.90. The molecule has 0 spiro atoms. The van der Waals surface area contributed by atoms with Crippen molar-refractivity contribution in [1.82, 2.24) is 15.0 Å². The van der Waals surface area contributed by atoms with E-state index >= 15 is 0 Å². The molecule has 0 saturated carbocycles. The Labute approximate surface area is 152 Å². The Bertz CT molecular complexity index is 1050. The van der Waals surface area contributed by atoms with Crippen LogP contribution in [0.1, 0.15) is 15.2 Å². The van der Waals surface area contributed by atoms with Crippen LogP contribution >= 0.6 is 22.9 Å². The van der Waals surface area contributed by atoms with Gasteiger partial charge in [-0.1, -0.05) is 17.7 Å². The first-order valence-corrected chi connectivity index (χ1v) is 8.84. The Kier molecular flexibility index (Phi) is 3.99. The van der Waals surface area contributed by atoms with Crippen molar-refractivity contribution in [2.45, 2.75) is 6.92 Å². The van der Waals surface area contributed by atoms with Crippen LogP contribution in [0.3, 0.4) is 0 Å². The van der Waals surface area contributed by atoms with E-state index in [9.17, 15) is 4.79 Å². The topological polar surface area (TPSA) is 59.8 Å². The van der Waals surface area contributed by atoms with Crippen LogP contribution in [0.2, 0.25) is 5.02 Å². The molecule has 2 heterocycles. The first-order valence-electron chi connectivity index (χ1n) is 7.59. The van der Waals surface area contributed by atoms with Crippen LogP contribution in [0.15, 0.2) is 53.9 Å². The van der Waals surface area contributed by atoms with Gasteiger partial charge in [-0.15, -0.1) is 21.5 Å². The predicted octanol–water partition coefficient (Wildman–Crippen LogP) is 4.70. The molecule has 0 fully saturated rings. The van der Waals surface area contributed by atoms with Gasteiger partial charge in [-0.05, 0) is 60.3 Å². The molecule has 2 aromatic heterocycles. The molecular weight excluding hydrogens is 356 g/mol. The van der Waals surface area contributed by atoms with Crippen LogP contribution in [0.4, 0.5) is 5.69 Å². The summed E-state index contributed by atoms with van der Waals surface area (Å²) in [5.41, 5.74) is 3.96. The third kappa shape index (κ3) is 3.14. The van der Waals surface area contributed by atoms with Crippen LogP contribution in [0, 0.1) is 6.92 Å². The van der Waals surface area contributed by atoms with Crippen molar-refractivity contribution in [1.29, 1.82) is 0 Å². The zero-order chi connectivity index (χ0) is 17.4. The summed E-state index contributed by atoms with van der Waals surface area (Å²) < 4.78 is 0. The number of anilines is 1. The van der Waals surface area contributed by atoms with Crippen LogP contribution in [-0.4, -0.2) is 20.9 Å². The summed E-state index contributed by atoms with van der Waals surface area (Å²) >= 11 is 7.33. The summed E-state index contributed by atoms with van der Waals surface area (Å²) in [6, 6.07) is 14.7. The second kappa shape index (κ2) is 6.31. The minimum Gasteiger partial charge on any atom is -0.321 e. The number of rotatable bonds is 3. The van der Waals surface area contributed by atoms with E-state index in [-0.39, 0.29) is 5.91 Å². The van der Waals surface area contributed by atoms with E-state index < -0.39 is 0 Å². The molecule has 7 heteroatoms. The van der Waals surface area contributed by atoms with Gasteiger partial charge in [-0.2, -0.15) is 4.80 Å². The lowest BCUT2D eigenvalue weighted by Gasteiger charge is -2.06. The first-order chi connectivity index (χ1) is 12.1. The highest BCUT2D eigenvalue weighted by Gasteiger charge is 2.12. The van der Waals surface area contributed by atoms with Crippen LogP contribution in [-0.2, 0) is 0 Å². The van der Waals surface area contributed by atoms with Gasteiger partial charge in [0.1, 0.15) is 11.0 Å². The monoisotopic (exact) mass is 368 g/mol. The number of hydrogen-bond donors (Lipinski definition) is 1. The largest absolute Gasteiger partial charge is 0.321 e. The minimum absolute atomic E-state index is 0.123. The van der Waals surface area contributed by atoms with E-state index in [4.69, 9.17) is 11.6 Å². The number of amides is 1. The number of halogens is 1. The first kappa shape index (κ1) is 15.8. The lowest BCUT2D eigenvalue weighted by atomic mass is 10.1. The number of thiophene rings is 1. The van der Waals surface area contributed by atoms with Crippen molar-refractivity contribution >= 4 is 45.6 Å². The highest BCUT2D eigenvalue weighted by molar-refractivity contribution is 7.12. The van der Waals surface area contributed by atoms with Gasteiger partial charge >= 0.3 is 0 Å². The van der Waals surface area contributed by atoms with E-state index in [0.29, 0.717) is 15.4 Å². The molecule has 0 saturated heterocycles. The molecule has 4 aromatic rings. The highest BCUT2D eigenvalue weighted by Crippen LogP contribution is 2.23. The average molecular weight is 369 g/mol. The van der Waals surface area contributed by atoms with Crippen molar-refractivity contribution in [3.63, 3.8) is 0 Å². The number of nitrogens with one attached hydrogen (secondary N) is 1. The van der Waals surface area contributed by atoms with Crippen molar-refractivity contribution < 1.29 is 4.79 Å². The molecule has 0 aliphatic rings. The molecule has 0 aliphatic carbocycles. The zero-order valence-electron chi connectivity index (χ0n) is 13.2. The quantitative estimate of drug-likeness (QED) is 0.570. The van der Waals surface area contributed by atoms with E-state index in [1.54, 1.807) is 23.0 Å². The molecule has 5 nitrogen and oxygen atoms in total. The summed E-state index contributed by atoms with van der Waals surface area (Å²) in [5, 5.41) is 14.5. The summed E-state index contributed by atoms with van der Waals surface area (Å²) in [6.45, 7) is 1.94. The standard InChI is InChI=1S/C18H13ClN4OS/c1-11-9-15-16(10-14(11)20-18(24)17-3-2-8-25-17)22-23(21-15)13-6-4-12(19)5-7-13/h2-10H,1H3,(H,20,24). The summed E-state index contributed by atoms with van der Waals surface area (Å²) in [5.74, 6) is -0.123. The molecular formula is C18H13ClN4OS. The maximum Gasteiger partial charge on any atom is 0.265 e. The van der Waals surface area contributed by atoms with E-state index in [1.807, 2.05) is 42.6 Å². The zero-order valence-corrected chi connectivity index (χ0v) is 14.8.